The van der Waals surface area contributed by atoms with Crippen LogP contribution < -0.4 is 11.1 Å². The molecule has 0 saturated heterocycles. The van der Waals surface area contributed by atoms with E-state index in [1.807, 2.05) is 12.1 Å². The van der Waals surface area contributed by atoms with Gasteiger partial charge in [-0.1, -0.05) is 0 Å². The molecule has 17 heavy (non-hydrogen) atoms. The first-order valence-electron chi connectivity index (χ1n) is 5.22. The van der Waals surface area contributed by atoms with Gasteiger partial charge in [0.15, 0.2) is 0 Å². The predicted molar refractivity (Wildman–Crippen MR) is 70.2 cm³/mol. The summed E-state index contributed by atoms with van der Waals surface area (Å²) in [4.78, 5) is 4.19. The summed E-state index contributed by atoms with van der Waals surface area (Å²) in [5.41, 5.74) is 8.61. The second-order valence-corrected chi connectivity index (χ2v) is 5.12. The van der Waals surface area contributed by atoms with Crippen molar-refractivity contribution in [2.75, 3.05) is 24.2 Å². The number of aliphatic hydroxyl groups excluding tert-OH is 1. The minimum Gasteiger partial charge on any atom is -0.395 e. The number of fused-ring (bicyclic) bond motifs is 1. The van der Waals surface area contributed by atoms with Crippen LogP contribution in [0.3, 0.4) is 0 Å². The number of thiazole rings is 1. The van der Waals surface area contributed by atoms with E-state index < -0.39 is 5.60 Å². The average Bonchev–Trinajstić information content (AvgIpc) is 2.77. The lowest BCUT2D eigenvalue weighted by Crippen LogP contribution is -2.37. The minimum absolute atomic E-state index is 0.226. The van der Waals surface area contributed by atoms with E-state index in [2.05, 4.69) is 10.3 Å². The summed E-state index contributed by atoms with van der Waals surface area (Å²) in [6.07, 6.45) is 0. The second kappa shape index (κ2) is 4.48. The van der Waals surface area contributed by atoms with Crippen molar-refractivity contribution in [1.29, 1.82) is 0 Å². The van der Waals surface area contributed by atoms with E-state index in [1.165, 1.54) is 11.3 Å². The van der Waals surface area contributed by atoms with Crippen LogP contribution in [0.1, 0.15) is 6.92 Å². The Hall–Kier alpha value is -1.37. The second-order valence-electron chi connectivity index (χ2n) is 4.23. The highest BCUT2D eigenvalue weighted by Crippen LogP contribution is 2.30. The van der Waals surface area contributed by atoms with Gasteiger partial charge < -0.3 is 21.3 Å². The molecule has 1 aromatic heterocycles. The third kappa shape index (κ3) is 2.49. The molecule has 0 aliphatic heterocycles. The normalized spacial score (nSPS) is 14.8. The van der Waals surface area contributed by atoms with Gasteiger partial charge in [-0.3, -0.25) is 0 Å². The number of nitrogens with one attached hydrogen (secondary N) is 1. The van der Waals surface area contributed by atoms with Gasteiger partial charge in [0, 0.05) is 6.54 Å². The van der Waals surface area contributed by atoms with Gasteiger partial charge in [0.05, 0.1) is 28.2 Å². The van der Waals surface area contributed by atoms with Crippen molar-refractivity contribution < 1.29 is 10.2 Å². The molecule has 0 fully saturated rings. The van der Waals surface area contributed by atoms with E-state index in [1.54, 1.807) is 12.4 Å². The number of hydrogen-bond donors (Lipinski definition) is 4. The maximum atomic E-state index is 9.68. The van der Waals surface area contributed by atoms with Crippen molar-refractivity contribution in [2.45, 2.75) is 12.5 Å². The predicted octanol–water partition coefficient (Wildman–Crippen LogP) is 1.03. The Bertz CT molecular complexity index is 524. The highest BCUT2D eigenvalue weighted by atomic mass is 32.1. The van der Waals surface area contributed by atoms with Gasteiger partial charge in [0.25, 0.3) is 0 Å². The minimum atomic E-state index is -1.16. The van der Waals surface area contributed by atoms with Crippen molar-refractivity contribution in [2.24, 2.45) is 0 Å². The zero-order chi connectivity index (χ0) is 12.5. The standard InChI is InChI=1S/C11H15N3O2S/c1-11(16,5-15)4-13-7-2-3-8-10(9(7)12)14-6-17-8/h2-3,6,13,15-16H,4-5,12H2,1H3. The van der Waals surface area contributed by atoms with Crippen LogP contribution in [0, 0.1) is 0 Å². The van der Waals surface area contributed by atoms with Crippen molar-refractivity contribution in [3.63, 3.8) is 0 Å². The molecule has 5 nitrogen and oxygen atoms in total. The Morgan fingerprint density at radius 2 is 2.29 bits per heavy atom. The molecule has 1 heterocycles. The molecule has 0 radical (unpaired) electrons. The monoisotopic (exact) mass is 253 g/mol. The Kier molecular flexibility index (Phi) is 3.19. The third-order valence-corrected chi connectivity index (χ3v) is 3.34. The van der Waals surface area contributed by atoms with E-state index in [0.717, 1.165) is 15.9 Å². The number of anilines is 2. The molecule has 1 aromatic carbocycles. The van der Waals surface area contributed by atoms with E-state index in [-0.39, 0.29) is 13.2 Å². The fourth-order valence-corrected chi connectivity index (χ4v) is 2.14. The van der Waals surface area contributed by atoms with Crippen molar-refractivity contribution >= 4 is 32.9 Å². The number of benzene rings is 1. The molecule has 5 N–H and O–H groups in total. The highest BCUT2D eigenvalue weighted by Gasteiger charge is 2.19. The first-order chi connectivity index (χ1) is 8.03. The number of nitrogens with zero attached hydrogens (tertiary/aromatic N) is 1. The smallest absolute Gasteiger partial charge is 0.106 e. The van der Waals surface area contributed by atoms with Crippen LogP contribution in [0.4, 0.5) is 11.4 Å². The number of aromatic nitrogens is 1. The molecule has 92 valence electrons. The molecule has 1 unspecified atom stereocenters. The Balaban J connectivity index is 2.21. The van der Waals surface area contributed by atoms with Crippen LogP contribution in [0.5, 0.6) is 0 Å². The molecule has 6 heteroatoms. The van der Waals surface area contributed by atoms with Gasteiger partial charge >= 0.3 is 0 Å². The van der Waals surface area contributed by atoms with Crippen LogP contribution in [-0.2, 0) is 0 Å². The molecule has 0 aliphatic carbocycles. The largest absolute Gasteiger partial charge is 0.395 e. The molecule has 2 aromatic rings. The van der Waals surface area contributed by atoms with E-state index in [9.17, 15) is 5.11 Å². The van der Waals surface area contributed by atoms with Gasteiger partial charge in [-0.05, 0) is 19.1 Å². The fraction of sp³-hybridized carbons (Fsp3) is 0.364. The lowest BCUT2D eigenvalue weighted by Gasteiger charge is -2.21. The third-order valence-electron chi connectivity index (χ3n) is 2.54. The first-order valence-corrected chi connectivity index (χ1v) is 6.10. The molecule has 0 amide bonds. The Morgan fingerprint density at radius 3 is 3.00 bits per heavy atom. The summed E-state index contributed by atoms with van der Waals surface area (Å²) >= 11 is 1.53. The molecule has 1 atom stereocenters. The summed E-state index contributed by atoms with van der Waals surface area (Å²) < 4.78 is 1.03. The lowest BCUT2D eigenvalue weighted by atomic mass is 10.1. The topological polar surface area (TPSA) is 91.4 Å². The van der Waals surface area contributed by atoms with Crippen LogP contribution in [0.25, 0.3) is 10.2 Å². The molecular formula is C11H15N3O2S. The number of nitrogens with two attached hydrogens (primary N) is 1. The SMILES string of the molecule is CC(O)(CO)CNc1ccc2scnc2c1N. The molecule has 0 saturated carbocycles. The average molecular weight is 253 g/mol. The number of nitrogen functional groups attached to an aromatic ring is 1. The molecular weight excluding hydrogens is 238 g/mol. The summed E-state index contributed by atoms with van der Waals surface area (Å²) in [5, 5.41) is 21.6. The summed E-state index contributed by atoms with van der Waals surface area (Å²) in [5.74, 6) is 0. The number of aliphatic hydroxyl groups is 2. The van der Waals surface area contributed by atoms with E-state index in [0.29, 0.717) is 5.69 Å². The van der Waals surface area contributed by atoms with Gasteiger partial charge in [-0.25, -0.2) is 4.98 Å². The Morgan fingerprint density at radius 1 is 1.53 bits per heavy atom. The van der Waals surface area contributed by atoms with Crippen molar-refractivity contribution in [1.82, 2.24) is 4.98 Å². The van der Waals surface area contributed by atoms with Crippen LogP contribution in [-0.4, -0.2) is 33.9 Å². The first kappa shape index (κ1) is 12.1. The zero-order valence-corrected chi connectivity index (χ0v) is 10.3. The zero-order valence-electron chi connectivity index (χ0n) is 9.47. The Labute approximate surface area is 103 Å². The van der Waals surface area contributed by atoms with Gasteiger partial charge in [-0.15, -0.1) is 11.3 Å². The molecule has 0 bridgehead atoms. The number of rotatable bonds is 4. The quantitative estimate of drug-likeness (QED) is 0.611. The molecule has 0 aliphatic rings. The highest BCUT2D eigenvalue weighted by molar-refractivity contribution is 7.16. The van der Waals surface area contributed by atoms with Crippen molar-refractivity contribution in [3.05, 3.63) is 17.6 Å². The maximum Gasteiger partial charge on any atom is 0.106 e. The fourth-order valence-electron chi connectivity index (χ4n) is 1.45. The molecule has 2 rings (SSSR count). The van der Waals surface area contributed by atoms with E-state index >= 15 is 0 Å². The summed E-state index contributed by atoms with van der Waals surface area (Å²) in [6.45, 7) is 1.47. The van der Waals surface area contributed by atoms with Crippen LogP contribution in [0.2, 0.25) is 0 Å². The summed E-state index contributed by atoms with van der Waals surface area (Å²) in [6, 6.07) is 3.78. The lowest BCUT2D eigenvalue weighted by molar-refractivity contribution is 0.0132. The van der Waals surface area contributed by atoms with Gasteiger partial charge in [0.2, 0.25) is 0 Å². The van der Waals surface area contributed by atoms with Crippen LogP contribution >= 0.6 is 11.3 Å². The van der Waals surface area contributed by atoms with Crippen LogP contribution in [0.15, 0.2) is 17.6 Å². The van der Waals surface area contributed by atoms with Gasteiger partial charge in [0.1, 0.15) is 11.1 Å². The maximum absolute atomic E-state index is 9.68. The van der Waals surface area contributed by atoms with Crippen molar-refractivity contribution in [3.8, 4) is 0 Å². The summed E-state index contributed by atoms with van der Waals surface area (Å²) in [7, 11) is 0. The number of hydrogen-bond acceptors (Lipinski definition) is 6. The van der Waals surface area contributed by atoms with E-state index in [4.69, 9.17) is 10.8 Å². The molecule has 0 spiro atoms. The van der Waals surface area contributed by atoms with Gasteiger partial charge in [-0.2, -0.15) is 0 Å².